The monoisotopic (exact) mass is 338 g/mol. The van der Waals surface area contributed by atoms with Crippen molar-refractivity contribution >= 4 is 28.9 Å². The van der Waals surface area contributed by atoms with Gasteiger partial charge in [-0.15, -0.1) is 0 Å². The van der Waals surface area contributed by atoms with Crippen molar-refractivity contribution in [1.82, 2.24) is 0 Å². The summed E-state index contributed by atoms with van der Waals surface area (Å²) in [5, 5.41) is 2.61. The van der Waals surface area contributed by atoms with Gasteiger partial charge >= 0.3 is 10.4 Å². The number of benzene rings is 2. The topological polar surface area (TPSA) is 63.6 Å². The van der Waals surface area contributed by atoms with Gasteiger partial charge in [-0.3, -0.25) is 4.55 Å². The first-order valence-electron chi connectivity index (χ1n) is 7.06. The first kappa shape index (κ1) is 17.1. The normalized spacial score (nSPS) is 11.7. The van der Waals surface area contributed by atoms with Crippen molar-refractivity contribution < 1.29 is 17.2 Å². The van der Waals surface area contributed by atoms with Crippen LogP contribution in [0, 0.1) is 0 Å². The summed E-state index contributed by atoms with van der Waals surface area (Å²) in [5.74, 6) is 0. The molecule has 4 nitrogen and oxygen atoms in total. The number of hydrogen-bond acceptors (Lipinski definition) is 3. The summed E-state index contributed by atoms with van der Waals surface area (Å²) in [6.07, 6.45) is 2.39. The summed E-state index contributed by atoms with van der Waals surface area (Å²) in [4.78, 5) is 0. The van der Waals surface area contributed by atoms with Crippen LogP contribution in [-0.4, -0.2) is 25.7 Å². The fourth-order valence-corrected chi connectivity index (χ4v) is 4.91. The van der Waals surface area contributed by atoms with Crippen LogP contribution in [0.3, 0.4) is 0 Å². The lowest BCUT2D eigenvalue weighted by Gasteiger charge is -2.18. The molecule has 2 aromatic rings. The maximum atomic E-state index is 10.5. The van der Waals surface area contributed by atoms with Crippen LogP contribution in [0.25, 0.3) is 0 Å². The second-order valence-corrected chi connectivity index (χ2v) is 8.21. The number of unbranched alkanes of at least 4 members (excludes halogenated alkanes) is 1. The maximum absolute atomic E-state index is 10.5. The second kappa shape index (κ2) is 8.39. The molecule has 0 amide bonds. The summed E-state index contributed by atoms with van der Waals surface area (Å²) in [6, 6.07) is 20.7. The van der Waals surface area contributed by atoms with E-state index in [4.69, 9.17) is 4.55 Å². The first-order chi connectivity index (χ1) is 10.6. The Bertz CT molecular complexity index is 620. The highest BCUT2D eigenvalue weighted by Crippen LogP contribution is 2.34. The van der Waals surface area contributed by atoms with Gasteiger partial charge < -0.3 is 0 Å². The van der Waals surface area contributed by atoms with Crippen molar-refractivity contribution in [3.8, 4) is 0 Å². The molecule has 0 saturated carbocycles. The van der Waals surface area contributed by atoms with E-state index in [9.17, 15) is 8.42 Å². The predicted octanol–water partition coefficient (Wildman–Crippen LogP) is 2.72. The first-order valence-corrected chi connectivity index (χ1v) is 9.95. The third kappa shape index (κ3) is 5.85. The molecule has 0 fully saturated rings. The Hall–Kier alpha value is -1.26. The zero-order valence-electron chi connectivity index (χ0n) is 12.1. The lowest BCUT2D eigenvalue weighted by atomic mass is 10.3. The fourth-order valence-electron chi connectivity index (χ4n) is 2.16. The third-order valence-electron chi connectivity index (χ3n) is 3.14. The molecule has 2 rings (SSSR count). The highest BCUT2D eigenvalue weighted by molar-refractivity contribution is 7.80. The molecule has 0 radical (unpaired) electrons. The van der Waals surface area contributed by atoms with Gasteiger partial charge in [0.05, 0.1) is 6.61 Å². The van der Waals surface area contributed by atoms with Crippen molar-refractivity contribution in [2.24, 2.45) is 0 Å². The Labute approximate surface area is 132 Å². The average molecular weight is 338 g/mol. The van der Waals surface area contributed by atoms with Gasteiger partial charge in [-0.1, -0.05) is 60.7 Å². The van der Waals surface area contributed by atoms with E-state index < -0.39 is 18.3 Å². The predicted molar refractivity (Wildman–Crippen MR) is 90.7 cm³/mol. The van der Waals surface area contributed by atoms with Crippen LogP contribution < -0.4 is 10.6 Å². The minimum absolute atomic E-state index is 0.0194. The fraction of sp³-hybridized carbons (Fsp3) is 0.250. The van der Waals surface area contributed by atoms with Crippen LogP contribution >= 0.6 is 7.92 Å². The molecule has 0 unspecified atom stereocenters. The van der Waals surface area contributed by atoms with Gasteiger partial charge in [-0.25, -0.2) is 4.18 Å². The number of hydrogen-bond donors (Lipinski definition) is 1. The molecule has 0 saturated heterocycles. The lowest BCUT2D eigenvalue weighted by Crippen LogP contribution is -2.14. The zero-order valence-corrected chi connectivity index (χ0v) is 13.8. The standard InChI is InChI=1S/C16H19O4PS/c17-22(18,19)20-13-7-8-14-21(15-9-3-1-4-10-15)16-11-5-2-6-12-16/h1-6,9-12H,7-8,13-14H2,(H,17,18,19). The highest BCUT2D eigenvalue weighted by atomic mass is 32.3. The van der Waals surface area contributed by atoms with Crippen molar-refractivity contribution in [2.45, 2.75) is 12.8 Å². The molecule has 2 aromatic carbocycles. The van der Waals surface area contributed by atoms with Gasteiger partial charge in [0.25, 0.3) is 0 Å². The smallest absolute Gasteiger partial charge is 0.264 e. The highest BCUT2D eigenvalue weighted by Gasteiger charge is 2.13. The van der Waals surface area contributed by atoms with Crippen LogP contribution in [0.2, 0.25) is 0 Å². The van der Waals surface area contributed by atoms with Gasteiger partial charge in [0.15, 0.2) is 0 Å². The summed E-state index contributed by atoms with van der Waals surface area (Å²) in [6.45, 7) is 0.0194. The van der Waals surface area contributed by atoms with E-state index in [0.717, 1.165) is 12.6 Å². The molecule has 0 spiro atoms. The van der Waals surface area contributed by atoms with Crippen LogP contribution in [0.4, 0.5) is 0 Å². The Morgan fingerprint density at radius 3 is 1.82 bits per heavy atom. The quantitative estimate of drug-likeness (QED) is 0.457. The number of rotatable bonds is 8. The van der Waals surface area contributed by atoms with E-state index in [-0.39, 0.29) is 6.61 Å². The molecular weight excluding hydrogens is 319 g/mol. The van der Waals surface area contributed by atoms with E-state index in [1.807, 2.05) is 36.4 Å². The lowest BCUT2D eigenvalue weighted by molar-refractivity contribution is 0.264. The van der Waals surface area contributed by atoms with Crippen LogP contribution in [0.15, 0.2) is 60.7 Å². The summed E-state index contributed by atoms with van der Waals surface area (Å²) in [7, 11) is -4.79. The summed E-state index contributed by atoms with van der Waals surface area (Å²) >= 11 is 0. The minimum Gasteiger partial charge on any atom is -0.264 e. The molecule has 0 aromatic heterocycles. The van der Waals surface area contributed by atoms with Crippen molar-refractivity contribution in [3.63, 3.8) is 0 Å². The summed E-state index contributed by atoms with van der Waals surface area (Å²) < 4.78 is 33.9. The van der Waals surface area contributed by atoms with Crippen LogP contribution in [0.5, 0.6) is 0 Å². The van der Waals surface area contributed by atoms with Crippen LogP contribution in [-0.2, 0) is 14.6 Å². The van der Waals surface area contributed by atoms with E-state index in [1.54, 1.807) is 0 Å². The zero-order chi connectivity index (χ0) is 15.8. The van der Waals surface area contributed by atoms with E-state index in [0.29, 0.717) is 6.42 Å². The molecule has 0 aliphatic rings. The van der Waals surface area contributed by atoms with Crippen molar-refractivity contribution in [1.29, 1.82) is 0 Å². The SMILES string of the molecule is O=S(=O)(O)OCCCCP(c1ccccc1)c1ccccc1. The molecule has 0 bridgehead atoms. The third-order valence-corrected chi connectivity index (χ3v) is 6.22. The molecule has 0 heterocycles. The van der Waals surface area contributed by atoms with Gasteiger partial charge in [-0.2, -0.15) is 8.42 Å². The molecule has 1 N–H and O–H groups in total. The Morgan fingerprint density at radius 2 is 1.36 bits per heavy atom. The molecule has 0 aliphatic heterocycles. The maximum Gasteiger partial charge on any atom is 0.397 e. The van der Waals surface area contributed by atoms with E-state index in [1.165, 1.54) is 10.6 Å². The van der Waals surface area contributed by atoms with Crippen molar-refractivity contribution in [2.75, 3.05) is 12.8 Å². The van der Waals surface area contributed by atoms with Gasteiger partial charge in [0, 0.05) is 0 Å². The summed E-state index contributed by atoms with van der Waals surface area (Å²) in [5.41, 5.74) is 0. The average Bonchev–Trinajstić information content (AvgIpc) is 2.51. The van der Waals surface area contributed by atoms with Gasteiger partial charge in [0.1, 0.15) is 0 Å². The van der Waals surface area contributed by atoms with Gasteiger partial charge in [-0.05, 0) is 37.5 Å². The minimum atomic E-state index is -4.32. The van der Waals surface area contributed by atoms with E-state index >= 15 is 0 Å². The second-order valence-electron chi connectivity index (χ2n) is 4.78. The molecule has 118 valence electrons. The largest absolute Gasteiger partial charge is 0.397 e. The molecule has 22 heavy (non-hydrogen) atoms. The Kier molecular flexibility index (Phi) is 6.52. The van der Waals surface area contributed by atoms with E-state index in [2.05, 4.69) is 28.4 Å². The molecule has 6 heteroatoms. The molecular formula is C16H19O4PS. The van der Waals surface area contributed by atoms with Crippen molar-refractivity contribution in [3.05, 3.63) is 60.7 Å². The molecule has 0 atom stereocenters. The Morgan fingerprint density at radius 1 is 0.864 bits per heavy atom. The molecule has 0 aliphatic carbocycles. The van der Waals surface area contributed by atoms with Gasteiger partial charge in [0.2, 0.25) is 0 Å². The Balaban J connectivity index is 1.98. The van der Waals surface area contributed by atoms with Crippen LogP contribution in [0.1, 0.15) is 12.8 Å².